The molecule has 0 saturated heterocycles. The normalized spacial score (nSPS) is 11.2. The molecule has 24 heavy (non-hydrogen) atoms. The number of nitrogens with zero attached hydrogens (tertiary/aromatic N) is 3. The summed E-state index contributed by atoms with van der Waals surface area (Å²) in [6.45, 7) is 4.43. The molecule has 0 aliphatic heterocycles. The monoisotopic (exact) mass is 337 g/mol. The lowest BCUT2D eigenvalue weighted by atomic mass is 10.1. The molecule has 4 rings (SSSR count). The number of fused-ring (bicyclic) bond motifs is 1. The maximum Gasteiger partial charge on any atom is 0.262 e. The maximum atomic E-state index is 12.4. The quantitative estimate of drug-likeness (QED) is 0.571. The zero-order valence-electron chi connectivity index (χ0n) is 13.3. The second-order valence-electron chi connectivity index (χ2n) is 5.78. The maximum absolute atomic E-state index is 12.4. The third-order valence-corrected chi connectivity index (χ3v) is 4.77. The highest BCUT2D eigenvalue weighted by molar-refractivity contribution is 7.16. The second kappa shape index (κ2) is 5.72. The molecule has 0 atom stereocenters. The van der Waals surface area contributed by atoms with E-state index in [1.54, 1.807) is 23.2 Å². The fraction of sp³-hybridized carbons (Fsp3) is 0.167. The van der Waals surface area contributed by atoms with E-state index in [4.69, 9.17) is 4.42 Å². The Bertz CT molecular complexity index is 1090. The Balaban J connectivity index is 1.67. The summed E-state index contributed by atoms with van der Waals surface area (Å²) in [5, 5.41) is 2.51. The van der Waals surface area contributed by atoms with E-state index in [-0.39, 0.29) is 5.56 Å². The number of aromatic nitrogens is 3. The molecule has 4 aromatic rings. The minimum Gasteiger partial charge on any atom is -0.444 e. The van der Waals surface area contributed by atoms with Gasteiger partial charge in [-0.05, 0) is 36.9 Å². The first kappa shape index (κ1) is 14.8. The summed E-state index contributed by atoms with van der Waals surface area (Å²) in [4.78, 5) is 22.0. The van der Waals surface area contributed by atoms with Crippen molar-refractivity contribution in [2.24, 2.45) is 0 Å². The zero-order chi connectivity index (χ0) is 16.7. The highest BCUT2D eigenvalue weighted by atomic mass is 32.1. The van der Waals surface area contributed by atoms with Crippen molar-refractivity contribution in [3.05, 3.63) is 69.4 Å². The number of oxazole rings is 1. The van der Waals surface area contributed by atoms with Crippen LogP contribution in [0.15, 0.2) is 51.4 Å². The van der Waals surface area contributed by atoms with Crippen LogP contribution in [0.3, 0.4) is 0 Å². The highest BCUT2D eigenvalue weighted by Gasteiger charge is 2.11. The van der Waals surface area contributed by atoms with E-state index >= 15 is 0 Å². The molecule has 0 unspecified atom stereocenters. The van der Waals surface area contributed by atoms with Crippen LogP contribution >= 0.6 is 11.3 Å². The minimum atomic E-state index is -0.0580. The third kappa shape index (κ3) is 2.55. The molecule has 6 heteroatoms. The van der Waals surface area contributed by atoms with Crippen molar-refractivity contribution in [2.45, 2.75) is 20.4 Å². The van der Waals surface area contributed by atoms with Crippen LogP contribution in [0.25, 0.3) is 21.7 Å². The van der Waals surface area contributed by atoms with Crippen LogP contribution in [0.1, 0.15) is 16.8 Å². The predicted molar refractivity (Wildman–Crippen MR) is 94.4 cm³/mol. The molecule has 0 radical (unpaired) electrons. The molecule has 3 heterocycles. The number of thiophene rings is 1. The predicted octanol–water partition coefficient (Wildman–Crippen LogP) is 3.78. The van der Waals surface area contributed by atoms with Crippen molar-refractivity contribution in [1.29, 1.82) is 0 Å². The number of aryl methyl sites for hydroxylation is 2. The summed E-state index contributed by atoms with van der Waals surface area (Å²) < 4.78 is 7.17. The van der Waals surface area contributed by atoms with Gasteiger partial charge in [0, 0.05) is 5.56 Å². The van der Waals surface area contributed by atoms with Gasteiger partial charge in [0.15, 0.2) is 0 Å². The molecule has 0 bridgehead atoms. The first-order valence-electron chi connectivity index (χ1n) is 7.56. The van der Waals surface area contributed by atoms with Gasteiger partial charge < -0.3 is 4.42 Å². The van der Waals surface area contributed by atoms with Crippen LogP contribution in [0.4, 0.5) is 0 Å². The Morgan fingerprint density at radius 3 is 2.96 bits per heavy atom. The van der Waals surface area contributed by atoms with Gasteiger partial charge in [0.25, 0.3) is 5.56 Å². The summed E-state index contributed by atoms with van der Waals surface area (Å²) in [6.07, 6.45) is 3.16. The van der Waals surface area contributed by atoms with E-state index in [1.807, 2.05) is 24.4 Å². The Morgan fingerprint density at radius 2 is 2.12 bits per heavy atom. The van der Waals surface area contributed by atoms with Gasteiger partial charge in [-0.25, -0.2) is 9.97 Å². The minimum absolute atomic E-state index is 0.0580. The molecule has 5 nitrogen and oxygen atoms in total. The molecular formula is C18H15N3O2S. The van der Waals surface area contributed by atoms with Gasteiger partial charge in [0.05, 0.1) is 24.0 Å². The molecular weight excluding hydrogens is 322 g/mol. The molecule has 0 amide bonds. The van der Waals surface area contributed by atoms with Gasteiger partial charge >= 0.3 is 0 Å². The second-order valence-corrected chi connectivity index (χ2v) is 6.67. The van der Waals surface area contributed by atoms with Gasteiger partial charge in [-0.15, -0.1) is 11.3 Å². The fourth-order valence-corrected chi connectivity index (χ4v) is 3.46. The number of rotatable bonds is 3. The SMILES string of the molecule is Cc1ccc(-c2nc(Cn3cnc4sccc4c3=O)co2)c(C)c1. The van der Waals surface area contributed by atoms with Crippen molar-refractivity contribution in [3.8, 4) is 11.5 Å². The standard InChI is InChI=1S/C18H15N3O2S/c1-11-3-4-14(12(2)7-11)16-20-13(9-23-16)8-21-10-19-17-15(18(21)22)5-6-24-17/h3-7,9-10H,8H2,1-2H3. The topological polar surface area (TPSA) is 60.9 Å². The van der Waals surface area contributed by atoms with Gasteiger partial charge in [-0.2, -0.15) is 0 Å². The smallest absolute Gasteiger partial charge is 0.262 e. The number of hydrogen-bond acceptors (Lipinski definition) is 5. The van der Waals surface area contributed by atoms with Crippen molar-refractivity contribution in [2.75, 3.05) is 0 Å². The lowest BCUT2D eigenvalue weighted by molar-refractivity contribution is 0.570. The van der Waals surface area contributed by atoms with Crippen molar-refractivity contribution < 1.29 is 4.42 Å². The van der Waals surface area contributed by atoms with Crippen molar-refractivity contribution >= 4 is 21.6 Å². The average Bonchev–Trinajstić information content (AvgIpc) is 3.20. The Kier molecular flexibility index (Phi) is 3.54. The number of benzene rings is 1. The molecule has 1 aromatic carbocycles. The fourth-order valence-electron chi connectivity index (χ4n) is 2.74. The lowest BCUT2D eigenvalue weighted by Gasteiger charge is -2.03. The van der Waals surface area contributed by atoms with Crippen LogP contribution in [0, 0.1) is 13.8 Å². The van der Waals surface area contributed by atoms with E-state index in [2.05, 4.69) is 23.0 Å². The molecule has 3 aromatic heterocycles. The van der Waals surface area contributed by atoms with Crippen LogP contribution in [-0.4, -0.2) is 14.5 Å². The molecule has 0 aliphatic rings. The Morgan fingerprint density at radius 1 is 1.25 bits per heavy atom. The zero-order valence-corrected chi connectivity index (χ0v) is 14.1. The third-order valence-electron chi connectivity index (χ3n) is 3.95. The molecule has 0 aliphatic carbocycles. The van der Waals surface area contributed by atoms with Crippen molar-refractivity contribution in [1.82, 2.24) is 14.5 Å². The molecule has 0 saturated carbocycles. The van der Waals surface area contributed by atoms with Crippen LogP contribution in [0.2, 0.25) is 0 Å². The van der Waals surface area contributed by atoms with E-state index in [1.165, 1.54) is 16.9 Å². The molecule has 0 N–H and O–H groups in total. The molecule has 120 valence electrons. The van der Waals surface area contributed by atoms with Crippen molar-refractivity contribution in [3.63, 3.8) is 0 Å². The summed E-state index contributed by atoms with van der Waals surface area (Å²) in [6, 6.07) is 7.93. The van der Waals surface area contributed by atoms with Gasteiger partial charge in [0.2, 0.25) is 5.89 Å². The molecule has 0 fully saturated rings. The lowest BCUT2D eigenvalue weighted by Crippen LogP contribution is -2.20. The Labute approximate surface area is 142 Å². The van der Waals surface area contributed by atoms with Gasteiger partial charge in [-0.1, -0.05) is 17.7 Å². The van der Waals surface area contributed by atoms with Gasteiger partial charge in [0.1, 0.15) is 11.1 Å². The van der Waals surface area contributed by atoms with E-state index < -0.39 is 0 Å². The Hall–Kier alpha value is -2.73. The largest absolute Gasteiger partial charge is 0.444 e. The van der Waals surface area contributed by atoms with E-state index in [0.717, 1.165) is 16.0 Å². The summed E-state index contributed by atoms with van der Waals surface area (Å²) >= 11 is 1.46. The first-order valence-corrected chi connectivity index (χ1v) is 8.44. The van der Waals surface area contributed by atoms with Crippen LogP contribution in [-0.2, 0) is 6.54 Å². The summed E-state index contributed by atoms with van der Waals surface area (Å²) in [5.41, 5.74) is 3.91. The van der Waals surface area contributed by atoms with Gasteiger partial charge in [-0.3, -0.25) is 9.36 Å². The van der Waals surface area contributed by atoms with E-state index in [0.29, 0.717) is 23.5 Å². The number of hydrogen-bond donors (Lipinski definition) is 0. The molecule has 0 spiro atoms. The van der Waals surface area contributed by atoms with Crippen LogP contribution in [0.5, 0.6) is 0 Å². The van der Waals surface area contributed by atoms with Crippen LogP contribution < -0.4 is 5.56 Å². The highest BCUT2D eigenvalue weighted by Crippen LogP contribution is 2.23. The summed E-state index contributed by atoms with van der Waals surface area (Å²) in [5.74, 6) is 0.570. The average molecular weight is 337 g/mol. The summed E-state index contributed by atoms with van der Waals surface area (Å²) in [7, 11) is 0. The van der Waals surface area contributed by atoms with E-state index in [9.17, 15) is 4.79 Å². The first-order chi connectivity index (χ1) is 11.6.